The topological polar surface area (TPSA) is 17.8 Å². The van der Waals surface area contributed by atoms with E-state index in [2.05, 4.69) is 60.8 Å². The molecule has 2 aromatic heterocycles. The summed E-state index contributed by atoms with van der Waals surface area (Å²) >= 11 is 0. The van der Waals surface area contributed by atoms with Crippen LogP contribution in [0.15, 0.2) is 61.6 Å². The predicted octanol–water partition coefficient (Wildman–Crippen LogP) is 5.25. The lowest BCUT2D eigenvalue weighted by Crippen LogP contribution is -1.94. The Balaban J connectivity index is 2.14. The number of hydrogen-bond donors (Lipinski definition) is 0. The number of aromatic nitrogens is 2. The van der Waals surface area contributed by atoms with E-state index >= 15 is 0 Å². The lowest BCUT2D eigenvalue weighted by atomic mass is 10.0. The summed E-state index contributed by atoms with van der Waals surface area (Å²) in [7, 11) is 0. The third kappa shape index (κ3) is 3.16. The number of hydrogen-bond acceptors (Lipinski definition) is 1. The molecule has 0 bridgehead atoms. The second-order valence-electron chi connectivity index (χ2n) is 5.92. The van der Waals surface area contributed by atoms with E-state index in [1.807, 2.05) is 42.9 Å². The molecular weight excluding hydrogens is 292 g/mol. The fourth-order valence-electron chi connectivity index (χ4n) is 2.69. The van der Waals surface area contributed by atoms with Gasteiger partial charge in [0.2, 0.25) is 0 Å². The Labute approximate surface area is 143 Å². The number of pyridine rings is 1. The molecule has 24 heavy (non-hydrogen) atoms. The monoisotopic (exact) mass is 312 g/mol. The molecule has 2 nitrogen and oxygen atoms in total. The van der Waals surface area contributed by atoms with Gasteiger partial charge in [0, 0.05) is 24.2 Å². The highest BCUT2D eigenvalue weighted by Crippen LogP contribution is 2.27. The summed E-state index contributed by atoms with van der Waals surface area (Å²) in [6.07, 6.45) is 5.95. The first-order valence-corrected chi connectivity index (χ1v) is 7.92. The molecule has 0 aliphatic rings. The van der Waals surface area contributed by atoms with Crippen molar-refractivity contribution in [2.45, 2.75) is 20.8 Å². The highest BCUT2D eigenvalue weighted by atomic mass is 15.0. The third-order valence-corrected chi connectivity index (χ3v) is 3.92. The van der Waals surface area contributed by atoms with Crippen LogP contribution < -0.4 is 0 Å². The van der Waals surface area contributed by atoms with Crippen LogP contribution in [0.3, 0.4) is 0 Å². The van der Waals surface area contributed by atoms with Crippen LogP contribution in [0.1, 0.15) is 30.5 Å². The predicted molar refractivity (Wildman–Crippen MR) is 101 cm³/mol. The van der Waals surface area contributed by atoms with Crippen LogP contribution in [-0.4, -0.2) is 9.55 Å². The lowest BCUT2D eigenvalue weighted by molar-refractivity contribution is 1.01. The maximum Gasteiger partial charge on any atom is 0.137 e. The SMILES string of the molecule is C=C(C)c1ccnc(-n2cc(C#CC)c(-c3cccc(C)c3)c2)c1. The van der Waals surface area contributed by atoms with E-state index in [1.165, 1.54) is 11.1 Å². The molecule has 2 heterocycles. The highest BCUT2D eigenvalue weighted by molar-refractivity contribution is 5.72. The number of aryl methyl sites for hydroxylation is 1. The molecule has 0 radical (unpaired) electrons. The standard InChI is InChI=1S/C22H20N2/c1-5-7-20-14-24(22-13-18(16(2)3)10-11-23-22)15-21(20)19-9-6-8-17(4)12-19/h6,8-15H,2H2,1,3-4H3. The Morgan fingerprint density at radius 3 is 2.71 bits per heavy atom. The van der Waals surface area contributed by atoms with Crippen LogP contribution in [-0.2, 0) is 0 Å². The summed E-state index contributed by atoms with van der Waals surface area (Å²) in [6, 6.07) is 12.5. The molecule has 0 N–H and O–H groups in total. The van der Waals surface area contributed by atoms with E-state index in [4.69, 9.17) is 0 Å². The van der Waals surface area contributed by atoms with Crippen LogP contribution >= 0.6 is 0 Å². The molecule has 0 unspecified atom stereocenters. The zero-order valence-corrected chi connectivity index (χ0v) is 14.3. The minimum atomic E-state index is 0.869. The molecule has 0 spiro atoms. The fraction of sp³-hybridized carbons (Fsp3) is 0.136. The minimum Gasteiger partial charge on any atom is -0.307 e. The largest absolute Gasteiger partial charge is 0.307 e. The average Bonchev–Trinajstić information content (AvgIpc) is 2.99. The van der Waals surface area contributed by atoms with Crippen molar-refractivity contribution in [2.75, 3.05) is 0 Å². The summed E-state index contributed by atoms with van der Waals surface area (Å²) in [5.41, 5.74) is 6.65. The Morgan fingerprint density at radius 2 is 2.00 bits per heavy atom. The van der Waals surface area contributed by atoms with Gasteiger partial charge in [0.25, 0.3) is 0 Å². The van der Waals surface area contributed by atoms with Crippen LogP contribution in [0.2, 0.25) is 0 Å². The lowest BCUT2D eigenvalue weighted by Gasteiger charge is -2.05. The quantitative estimate of drug-likeness (QED) is 0.604. The molecule has 118 valence electrons. The summed E-state index contributed by atoms with van der Waals surface area (Å²) in [4.78, 5) is 4.49. The van der Waals surface area contributed by atoms with Crippen molar-refractivity contribution in [3.05, 3.63) is 78.3 Å². The zero-order chi connectivity index (χ0) is 17.1. The molecule has 0 saturated heterocycles. The Morgan fingerprint density at radius 1 is 1.17 bits per heavy atom. The van der Waals surface area contributed by atoms with E-state index in [1.54, 1.807) is 0 Å². The van der Waals surface area contributed by atoms with Gasteiger partial charge in [-0.2, -0.15) is 0 Å². The van der Waals surface area contributed by atoms with Crippen molar-refractivity contribution in [1.82, 2.24) is 9.55 Å². The van der Waals surface area contributed by atoms with Gasteiger partial charge in [-0.05, 0) is 44.0 Å². The molecule has 2 heteroatoms. The Hall–Kier alpha value is -3.05. The van der Waals surface area contributed by atoms with Crippen molar-refractivity contribution in [3.8, 4) is 28.8 Å². The summed E-state index contributed by atoms with van der Waals surface area (Å²) in [6.45, 7) is 9.97. The van der Waals surface area contributed by atoms with Crippen LogP contribution in [0.5, 0.6) is 0 Å². The van der Waals surface area contributed by atoms with Crippen molar-refractivity contribution < 1.29 is 0 Å². The van der Waals surface area contributed by atoms with Gasteiger partial charge in [0.1, 0.15) is 5.82 Å². The van der Waals surface area contributed by atoms with Gasteiger partial charge < -0.3 is 4.57 Å². The van der Waals surface area contributed by atoms with Crippen LogP contribution in [0.25, 0.3) is 22.5 Å². The van der Waals surface area contributed by atoms with Crippen LogP contribution in [0.4, 0.5) is 0 Å². The van der Waals surface area contributed by atoms with Gasteiger partial charge >= 0.3 is 0 Å². The molecule has 0 fully saturated rings. The van der Waals surface area contributed by atoms with E-state index in [9.17, 15) is 0 Å². The number of benzene rings is 1. The number of nitrogens with zero attached hydrogens (tertiary/aromatic N) is 2. The minimum absolute atomic E-state index is 0.869. The molecule has 0 amide bonds. The van der Waals surface area contributed by atoms with Gasteiger partial charge in [-0.25, -0.2) is 4.98 Å². The number of allylic oxidation sites excluding steroid dienone is 1. The van der Waals surface area contributed by atoms with Gasteiger partial charge in [0.05, 0.1) is 5.56 Å². The summed E-state index contributed by atoms with van der Waals surface area (Å²) < 4.78 is 2.03. The van der Waals surface area contributed by atoms with Crippen molar-refractivity contribution in [1.29, 1.82) is 0 Å². The molecule has 0 aliphatic carbocycles. The molecule has 3 rings (SSSR count). The van der Waals surface area contributed by atoms with E-state index in [0.717, 1.165) is 28.1 Å². The zero-order valence-electron chi connectivity index (χ0n) is 14.3. The first kappa shape index (κ1) is 15.8. The van der Waals surface area contributed by atoms with Gasteiger partial charge in [-0.1, -0.05) is 47.9 Å². The third-order valence-electron chi connectivity index (χ3n) is 3.92. The second-order valence-corrected chi connectivity index (χ2v) is 5.92. The molecule has 1 aromatic carbocycles. The van der Waals surface area contributed by atoms with E-state index in [0.29, 0.717) is 0 Å². The molecule has 0 atom stereocenters. The average molecular weight is 312 g/mol. The smallest absolute Gasteiger partial charge is 0.137 e. The maximum atomic E-state index is 4.49. The molecule has 0 aliphatic heterocycles. The van der Waals surface area contributed by atoms with Gasteiger partial charge in [-0.3, -0.25) is 0 Å². The van der Waals surface area contributed by atoms with Crippen molar-refractivity contribution in [2.24, 2.45) is 0 Å². The highest BCUT2D eigenvalue weighted by Gasteiger charge is 2.10. The van der Waals surface area contributed by atoms with Crippen molar-refractivity contribution in [3.63, 3.8) is 0 Å². The van der Waals surface area contributed by atoms with Crippen LogP contribution in [0, 0.1) is 18.8 Å². The first-order chi connectivity index (χ1) is 11.6. The number of rotatable bonds is 3. The summed E-state index contributed by atoms with van der Waals surface area (Å²) in [5.74, 6) is 7.08. The fourth-order valence-corrected chi connectivity index (χ4v) is 2.69. The van der Waals surface area contributed by atoms with Gasteiger partial charge in [-0.15, -0.1) is 5.92 Å². The Bertz CT molecular complexity index is 965. The Kier molecular flexibility index (Phi) is 4.35. The molecular formula is C22H20N2. The molecule has 3 aromatic rings. The second kappa shape index (κ2) is 6.60. The van der Waals surface area contributed by atoms with Gasteiger partial charge in [0.15, 0.2) is 0 Å². The summed E-state index contributed by atoms with van der Waals surface area (Å²) in [5, 5.41) is 0. The first-order valence-electron chi connectivity index (χ1n) is 7.92. The normalized spacial score (nSPS) is 10.1. The molecule has 0 saturated carbocycles. The van der Waals surface area contributed by atoms with E-state index < -0.39 is 0 Å². The van der Waals surface area contributed by atoms with E-state index in [-0.39, 0.29) is 0 Å². The van der Waals surface area contributed by atoms with Crippen molar-refractivity contribution >= 4 is 5.57 Å². The maximum absolute atomic E-state index is 4.49.